The van der Waals surface area contributed by atoms with Gasteiger partial charge in [-0.15, -0.1) is 0 Å². The summed E-state index contributed by atoms with van der Waals surface area (Å²) in [7, 11) is 4.02. The van der Waals surface area contributed by atoms with E-state index in [1.165, 1.54) is 31.4 Å². The maximum absolute atomic E-state index is 11.5. The van der Waals surface area contributed by atoms with Crippen LogP contribution < -0.4 is 0 Å². The molecular weight excluding hydrogens is 320 g/mol. The van der Waals surface area contributed by atoms with Gasteiger partial charge in [0.05, 0.1) is 4.90 Å². The van der Waals surface area contributed by atoms with Crippen LogP contribution in [0.15, 0.2) is 23.1 Å². The summed E-state index contributed by atoms with van der Waals surface area (Å²) in [5.41, 5.74) is 2.35. The van der Waals surface area contributed by atoms with E-state index < -0.39 is 9.05 Å². The van der Waals surface area contributed by atoms with Gasteiger partial charge in [0.25, 0.3) is 9.05 Å². The van der Waals surface area contributed by atoms with Gasteiger partial charge < -0.3 is 4.90 Å². The van der Waals surface area contributed by atoms with Gasteiger partial charge in [-0.25, -0.2) is 8.42 Å². The molecule has 2 aliphatic rings. The van der Waals surface area contributed by atoms with Crippen LogP contribution >= 0.6 is 10.7 Å². The smallest absolute Gasteiger partial charge is 0.261 e. The molecule has 1 aromatic rings. The van der Waals surface area contributed by atoms with Gasteiger partial charge in [-0.1, -0.05) is 6.07 Å². The first-order valence-electron chi connectivity index (χ1n) is 7.92. The van der Waals surface area contributed by atoms with Crippen LogP contribution in [0.3, 0.4) is 0 Å². The molecule has 0 aromatic heterocycles. The van der Waals surface area contributed by atoms with E-state index in [0.29, 0.717) is 6.04 Å². The van der Waals surface area contributed by atoms with E-state index in [1.54, 1.807) is 12.1 Å². The third-order valence-corrected chi connectivity index (χ3v) is 6.35. The minimum atomic E-state index is -3.64. The molecule has 1 atom stereocenters. The molecule has 0 bridgehead atoms. The lowest BCUT2D eigenvalue weighted by molar-refractivity contribution is 0.211. The standard InChI is InChI=1S/C16H23ClN2O2S/c1-18-8-2-3-15(18)7-10-19-9-6-13-4-5-16(22(17,20)21)11-14(13)12-19/h4-5,11,15H,2-3,6-10,12H2,1H3/t15-/m0/s1. The number of halogens is 1. The van der Waals surface area contributed by atoms with Crippen molar-refractivity contribution in [3.8, 4) is 0 Å². The quantitative estimate of drug-likeness (QED) is 0.788. The van der Waals surface area contributed by atoms with Gasteiger partial charge in [0.15, 0.2) is 0 Å². The molecule has 0 aliphatic carbocycles. The van der Waals surface area contributed by atoms with Crippen molar-refractivity contribution in [2.24, 2.45) is 0 Å². The van der Waals surface area contributed by atoms with Crippen molar-refractivity contribution < 1.29 is 8.42 Å². The molecule has 1 fully saturated rings. The third-order valence-electron chi connectivity index (χ3n) is 5.00. The normalized spacial score (nSPS) is 23.6. The third kappa shape index (κ3) is 3.65. The Balaban J connectivity index is 1.65. The largest absolute Gasteiger partial charge is 0.303 e. The summed E-state index contributed by atoms with van der Waals surface area (Å²) in [6.45, 7) is 4.17. The molecule has 6 heteroatoms. The number of nitrogens with zero attached hydrogens (tertiary/aromatic N) is 2. The highest BCUT2D eigenvalue weighted by Gasteiger charge is 2.23. The van der Waals surface area contributed by atoms with Gasteiger partial charge in [-0.3, -0.25) is 4.90 Å². The molecule has 0 saturated carbocycles. The Labute approximate surface area is 137 Å². The molecule has 22 heavy (non-hydrogen) atoms. The van der Waals surface area contributed by atoms with Crippen molar-refractivity contribution in [2.45, 2.75) is 43.2 Å². The summed E-state index contributed by atoms with van der Waals surface area (Å²) in [6.07, 6.45) is 4.79. The maximum Gasteiger partial charge on any atom is 0.261 e. The number of fused-ring (bicyclic) bond motifs is 1. The van der Waals surface area contributed by atoms with E-state index in [4.69, 9.17) is 10.7 Å². The fourth-order valence-corrected chi connectivity index (χ4v) is 4.41. The van der Waals surface area contributed by atoms with Crippen LogP contribution in [0.4, 0.5) is 0 Å². The number of hydrogen-bond donors (Lipinski definition) is 0. The zero-order chi connectivity index (χ0) is 15.7. The predicted octanol–water partition coefficient (Wildman–Crippen LogP) is 2.46. The van der Waals surface area contributed by atoms with Crippen molar-refractivity contribution in [1.82, 2.24) is 9.80 Å². The molecule has 0 N–H and O–H groups in total. The lowest BCUT2D eigenvalue weighted by atomic mass is 9.99. The molecule has 2 aliphatic heterocycles. The van der Waals surface area contributed by atoms with E-state index in [1.807, 2.05) is 6.07 Å². The number of likely N-dealkylation sites (tertiary alicyclic amines) is 1. The molecule has 0 spiro atoms. The highest BCUT2D eigenvalue weighted by molar-refractivity contribution is 8.13. The zero-order valence-electron chi connectivity index (χ0n) is 13.0. The fourth-order valence-electron chi connectivity index (χ4n) is 3.61. The van der Waals surface area contributed by atoms with Crippen LogP contribution in [0.5, 0.6) is 0 Å². The van der Waals surface area contributed by atoms with E-state index in [9.17, 15) is 8.42 Å². The zero-order valence-corrected chi connectivity index (χ0v) is 14.5. The fraction of sp³-hybridized carbons (Fsp3) is 0.625. The molecule has 2 heterocycles. The topological polar surface area (TPSA) is 40.6 Å². The van der Waals surface area contributed by atoms with Crippen molar-refractivity contribution in [3.05, 3.63) is 29.3 Å². The molecule has 1 aromatic carbocycles. The Bertz CT molecular complexity index is 648. The van der Waals surface area contributed by atoms with Crippen LogP contribution in [0, 0.1) is 0 Å². The molecule has 0 unspecified atom stereocenters. The first kappa shape index (κ1) is 16.2. The van der Waals surface area contributed by atoms with Crippen molar-refractivity contribution >= 4 is 19.7 Å². The minimum Gasteiger partial charge on any atom is -0.303 e. The van der Waals surface area contributed by atoms with Gasteiger partial charge in [-0.05, 0) is 69.1 Å². The molecule has 122 valence electrons. The average molecular weight is 343 g/mol. The van der Waals surface area contributed by atoms with Gasteiger partial charge in [-0.2, -0.15) is 0 Å². The van der Waals surface area contributed by atoms with E-state index in [2.05, 4.69) is 16.8 Å². The maximum atomic E-state index is 11.5. The van der Waals surface area contributed by atoms with Crippen LogP contribution in [0.2, 0.25) is 0 Å². The Morgan fingerprint density at radius 3 is 2.77 bits per heavy atom. The molecule has 4 nitrogen and oxygen atoms in total. The van der Waals surface area contributed by atoms with Gasteiger partial charge in [0, 0.05) is 29.8 Å². The van der Waals surface area contributed by atoms with Crippen LogP contribution in [-0.2, 0) is 22.0 Å². The monoisotopic (exact) mass is 342 g/mol. The minimum absolute atomic E-state index is 0.213. The second kappa shape index (κ2) is 6.48. The Kier molecular flexibility index (Phi) is 4.78. The van der Waals surface area contributed by atoms with E-state index >= 15 is 0 Å². The van der Waals surface area contributed by atoms with E-state index in [0.717, 1.165) is 31.6 Å². The summed E-state index contributed by atoms with van der Waals surface area (Å²) in [5.74, 6) is 0. The van der Waals surface area contributed by atoms with E-state index in [-0.39, 0.29) is 4.90 Å². The Morgan fingerprint density at radius 2 is 2.09 bits per heavy atom. The Hall–Kier alpha value is -0.620. The number of hydrogen-bond acceptors (Lipinski definition) is 4. The lowest BCUT2D eigenvalue weighted by Gasteiger charge is -2.30. The van der Waals surface area contributed by atoms with Crippen molar-refractivity contribution in [3.63, 3.8) is 0 Å². The highest BCUT2D eigenvalue weighted by Crippen LogP contribution is 2.25. The molecule has 0 amide bonds. The highest BCUT2D eigenvalue weighted by atomic mass is 35.7. The van der Waals surface area contributed by atoms with Crippen molar-refractivity contribution in [2.75, 3.05) is 26.7 Å². The second-order valence-electron chi connectivity index (χ2n) is 6.46. The van der Waals surface area contributed by atoms with Gasteiger partial charge in [0.1, 0.15) is 0 Å². The number of benzene rings is 1. The van der Waals surface area contributed by atoms with Gasteiger partial charge >= 0.3 is 0 Å². The average Bonchev–Trinajstić information content (AvgIpc) is 2.88. The van der Waals surface area contributed by atoms with Gasteiger partial charge in [0.2, 0.25) is 0 Å². The Morgan fingerprint density at radius 1 is 1.27 bits per heavy atom. The predicted molar refractivity (Wildman–Crippen MR) is 88.7 cm³/mol. The second-order valence-corrected chi connectivity index (χ2v) is 9.03. The summed E-state index contributed by atoms with van der Waals surface area (Å²) in [4.78, 5) is 5.10. The molecular formula is C16H23ClN2O2S. The number of rotatable bonds is 4. The van der Waals surface area contributed by atoms with Crippen molar-refractivity contribution in [1.29, 1.82) is 0 Å². The summed E-state index contributed by atoms with van der Waals surface area (Å²) in [6, 6.07) is 5.97. The summed E-state index contributed by atoms with van der Waals surface area (Å²) >= 11 is 0. The lowest BCUT2D eigenvalue weighted by Crippen LogP contribution is -2.35. The molecule has 3 rings (SSSR count). The first-order valence-corrected chi connectivity index (χ1v) is 10.2. The molecule has 1 saturated heterocycles. The SMILES string of the molecule is CN1CCC[C@H]1CCN1CCc2ccc(S(=O)(=O)Cl)cc2C1. The first-order chi connectivity index (χ1) is 10.4. The van der Waals surface area contributed by atoms with Crippen LogP contribution in [-0.4, -0.2) is 50.9 Å². The van der Waals surface area contributed by atoms with Crippen LogP contribution in [0.25, 0.3) is 0 Å². The summed E-state index contributed by atoms with van der Waals surface area (Å²) < 4.78 is 23.0. The summed E-state index contributed by atoms with van der Waals surface area (Å²) in [5, 5.41) is 0. The van der Waals surface area contributed by atoms with Crippen LogP contribution in [0.1, 0.15) is 30.4 Å². The molecule has 0 radical (unpaired) electrons.